The van der Waals surface area contributed by atoms with Gasteiger partial charge in [-0.05, 0) is 26.2 Å². The number of hydrogen-bond donors (Lipinski definition) is 1. The maximum absolute atomic E-state index is 11.2. The summed E-state index contributed by atoms with van der Waals surface area (Å²) in [5, 5.41) is 11.4. The molecule has 0 aromatic heterocycles. The highest BCUT2D eigenvalue weighted by Gasteiger charge is 2.23. The summed E-state index contributed by atoms with van der Waals surface area (Å²) in [6.45, 7) is 2.66. The molecule has 1 fully saturated rings. The molecule has 1 heterocycles. The highest BCUT2D eigenvalue weighted by Crippen LogP contribution is 2.19. The van der Waals surface area contributed by atoms with Gasteiger partial charge >= 0.3 is 0 Å². The van der Waals surface area contributed by atoms with Gasteiger partial charge < -0.3 is 5.32 Å². The summed E-state index contributed by atoms with van der Waals surface area (Å²) in [6, 6.07) is 2.15. The summed E-state index contributed by atoms with van der Waals surface area (Å²) in [4.78, 5) is 11.2. The molecule has 0 aromatic carbocycles. The fourth-order valence-electron chi connectivity index (χ4n) is 1.54. The molecule has 1 aliphatic rings. The van der Waals surface area contributed by atoms with Crippen LogP contribution in [0.4, 0.5) is 0 Å². The van der Waals surface area contributed by atoms with Crippen molar-refractivity contribution in [1.82, 2.24) is 5.32 Å². The minimum atomic E-state index is -0.00106. The zero-order chi connectivity index (χ0) is 8.97. The Balaban J connectivity index is 2.40. The van der Waals surface area contributed by atoms with Crippen molar-refractivity contribution in [3.05, 3.63) is 0 Å². The van der Waals surface area contributed by atoms with Gasteiger partial charge in [0.25, 0.3) is 0 Å². The van der Waals surface area contributed by atoms with Crippen LogP contribution in [0.5, 0.6) is 0 Å². The van der Waals surface area contributed by atoms with Crippen LogP contribution in [0.2, 0.25) is 0 Å². The topological polar surface area (TPSA) is 52.9 Å². The van der Waals surface area contributed by atoms with Crippen LogP contribution in [0, 0.1) is 23.2 Å². The monoisotopic (exact) mass is 166 g/mol. The lowest BCUT2D eigenvalue weighted by Gasteiger charge is -2.22. The zero-order valence-corrected chi connectivity index (χ0v) is 7.34. The van der Waals surface area contributed by atoms with Crippen molar-refractivity contribution in [1.29, 1.82) is 5.26 Å². The summed E-state index contributed by atoms with van der Waals surface area (Å²) in [5.41, 5.74) is 0. The van der Waals surface area contributed by atoms with Crippen LogP contribution in [0.3, 0.4) is 0 Å². The van der Waals surface area contributed by atoms with E-state index in [-0.39, 0.29) is 17.7 Å². The van der Waals surface area contributed by atoms with Gasteiger partial charge in [0.1, 0.15) is 0 Å². The van der Waals surface area contributed by atoms with Crippen LogP contribution in [0.1, 0.15) is 26.2 Å². The van der Waals surface area contributed by atoms with E-state index in [1.807, 2.05) is 6.92 Å². The minimum absolute atomic E-state index is 0.00106. The lowest BCUT2D eigenvalue weighted by atomic mass is 9.90. The lowest BCUT2D eigenvalue weighted by molar-refractivity contribution is -0.127. The predicted molar refractivity (Wildman–Crippen MR) is 45.1 cm³/mol. The molecular formula is C9H14N2O. The molecule has 1 N–H and O–H groups in total. The SMILES string of the molecule is C[C@H](C#N)CC1CCCNC1=O. The number of piperidine rings is 1. The van der Waals surface area contributed by atoms with E-state index in [1.165, 1.54) is 0 Å². The molecule has 1 rings (SSSR count). The standard InChI is InChI=1S/C9H14N2O/c1-7(6-10)5-8-3-2-4-11-9(8)12/h7-8H,2-5H2,1H3,(H,11,12)/t7-,8?/m0/s1. The fraction of sp³-hybridized carbons (Fsp3) is 0.778. The molecule has 3 nitrogen and oxygen atoms in total. The molecule has 0 bridgehead atoms. The maximum Gasteiger partial charge on any atom is 0.223 e. The van der Waals surface area contributed by atoms with Gasteiger partial charge in [-0.2, -0.15) is 5.26 Å². The van der Waals surface area contributed by atoms with Gasteiger partial charge in [0.15, 0.2) is 0 Å². The largest absolute Gasteiger partial charge is 0.356 e. The van der Waals surface area contributed by atoms with Gasteiger partial charge in [-0.25, -0.2) is 0 Å². The number of carbonyl (C=O) groups excluding carboxylic acids is 1. The second-order valence-corrected chi connectivity index (χ2v) is 3.40. The first-order valence-electron chi connectivity index (χ1n) is 4.41. The number of hydrogen-bond acceptors (Lipinski definition) is 2. The van der Waals surface area contributed by atoms with Crippen molar-refractivity contribution in [3.63, 3.8) is 0 Å². The molecular weight excluding hydrogens is 152 g/mol. The van der Waals surface area contributed by atoms with E-state index < -0.39 is 0 Å². The number of rotatable bonds is 2. The first kappa shape index (κ1) is 9.05. The molecule has 1 saturated heterocycles. The van der Waals surface area contributed by atoms with Crippen LogP contribution in [-0.2, 0) is 4.79 Å². The van der Waals surface area contributed by atoms with Crippen molar-refractivity contribution >= 4 is 5.91 Å². The second-order valence-electron chi connectivity index (χ2n) is 3.40. The molecule has 0 spiro atoms. The van der Waals surface area contributed by atoms with Crippen LogP contribution in [-0.4, -0.2) is 12.5 Å². The number of amides is 1. The Morgan fingerprint density at radius 3 is 3.17 bits per heavy atom. The lowest BCUT2D eigenvalue weighted by Crippen LogP contribution is -2.37. The number of nitriles is 1. The van der Waals surface area contributed by atoms with Crippen molar-refractivity contribution in [3.8, 4) is 6.07 Å². The van der Waals surface area contributed by atoms with E-state index in [9.17, 15) is 4.79 Å². The minimum Gasteiger partial charge on any atom is -0.356 e. The van der Waals surface area contributed by atoms with Crippen LogP contribution < -0.4 is 5.32 Å². The zero-order valence-electron chi connectivity index (χ0n) is 7.34. The highest BCUT2D eigenvalue weighted by molar-refractivity contribution is 5.79. The predicted octanol–water partition coefficient (Wildman–Crippen LogP) is 1.06. The molecule has 12 heavy (non-hydrogen) atoms. The summed E-state index contributed by atoms with van der Waals surface area (Å²) < 4.78 is 0. The smallest absolute Gasteiger partial charge is 0.223 e. The van der Waals surface area contributed by atoms with Crippen LogP contribution >= 0.6 is 0 Å². The van der Waals surface area contributed by atoms with Crippen LogP contribution in [0.15, 0.2) is 0 Å². The van der Waals surface area contributed by atoms with Gasteiger partial charge in [0, 0.05) is 18.4 Å². The van der Waals surface area contributed by atoms with Crippen molar-refractivity contribution in [2.45, 2.75) is 26.2 Å². The third-order valence-corrected chi connectivity index (χ3v) is 2.26. The molecule has 0 aromatic rings. The third kappa shape index (κ3) is 2.23. The molecule has 0 aliphatic carbocycles. The van der Waals surface area contributed by atoms with E-state index >= 15 is 0 Å². The Kier molecular flexibility index (Phi) is 3.09. The average molecular weight is 166 g/mol. The normalized spacial score (nSPS) is 25.7. The van der Waals surface area contributed by atoms with Gasteiger partial charge in [0.2, 0.25) is 5.91 Å². The quantitative estimate of drug-likeness (QED) is 0.667. The molecule has 66 valence electrons. The van der Waals surface area contributed by atoms with Gasteiger partial charge in [-0.3, -0.25) is 4.79 Å². The average Bonchev–Trinajstić information content (AvgIpc) is 2.09. The van der Waals surface area contributed by atoms with E-state index in [2.05, 4.69) is 11.4 Å². The summed E-state index contributed by atoms with van der Waals surface area (Å²) in [7, 11) is 0. The highest BCUT2D eigenvalue weighted by atomic mass is 16.1. The maximum atomic E-state index is 11.2. The number of nitrogens with zero attached hydrogens (tertiary/aromatic N) is 1. The molecule has 0 radical (unpaired) electrons. The van der Waals surface area contributed by atoms with Gasteiger partial charge in [0.05, 0.1) is 6.07 Å². The number of carbonyl (C=O) groups is 1. The van der Waals surface area contributed by atoms with E-state index in [0.29, 0.717) is 6.42 Å². The molecule has 0 saturated carbocycles. The Morgan fingerprint density at radius 2 is 2.58 bits per heavy atom. The molecule has 1 aliphatic heterocycles. The molecule has 3 heteroatoms. The van der Waals surface area contributed by atoms with Crippen molar-refractivity contribution in [2.75, 3.05) is 6.54 Å². The van der Waals surface area contributed by atoms with E-state index in [1.54, 1.807) is 0 Å². The number of nitrogens with one attached hydrogen (secondary N) is 1. The van der Waals surface area contributed by atoms with Gasteiger partial charge in [-0.1, -0.05) is 0 Å². The van der Waals surface area contributed by atoms with Crippen molar-refractivity contribution in [2.24, 2.45) is 11.8 Å². The van der Waals surface area contributed by atoms with Crippen LogP contribution in [0.25, 0.3) is 0 Å². The van der Waals surface area contributed by atoms with E-state index in [0.717, 1.165) is 19.4 Å². The molecule has 1 unspecified atom stereocenters. The fourth-order valence-corrected chi connectivity index (χ4v) is 1.54. The van der Waals surface area contributed by atoms with Gasteiger partial charge in [-0.15, -0.1) is 0 Å². The molecule has 2 atom stereocenters. The Hall–Kier alpha value is -1.04. The Labute approximate surface area is 72.8 Å². The first-order valence-corrected chi connectivity index (χ1v) is 4.41. The van der Waals surface area contributed by atoms with E-state index in [4.69, 9.17) is 5.26 Å². The Bertz CT molecular complexity index is 207. The summed E-state index contributed by atoms with van der Waals surface area (Å²) >= 11 is 0. The molecule has 1 amide bonds. The third-order valence-electron chi connectivity index (χ3n) is 2.26. The van der Waals surface area contributed by atoms with Crippen molar-refractivity contribution < 1.29 is 4.79 Å². The summed E-state index contributed by atoms with van der Waals surface area (Å²) in [6.07, 6.45) is 2.70. The summed E-state index contributed by atoms with van der Waals surface area (Å²) in [5.74, 6) is 0.204. The second kappa shape index (κ2) is 4.10. The Morgan fingerprint density at radius 1 is 1.83 bits per heavy atom. The first-order chi connectivity index (χ1) is 5.74.